The molecular weight excluding hydrogens is 391 g/mol. The van der Waals surface area contributed by atoms with Gasteiger partial charge in [0.15, 0.2) is 0 Å². The lowest BCUT2D eigenvalue weighted by molar-refractivity contribution is -0.116. The Balaban J connectivity index is 2.00. The normalized spacial score (nSPS) is 11.6. The van der Waals surface area contributed by atoms with Crippen LogP contribution in [0.1, 0.15) is 18.3 Å². The molecule has 9 heteroatoms. The first-order valence-electron chi connectivity index (χ1n) is 8.42. The zero-order valence-electron chi connectivity index (χ0n) is 14.8. The molecule has 5 nitrogen and oxygen atoms in total. The van der Waals surface area contributed by atoms with E-state index in [1.807, 2.05) is 6.07 Å². The van der Waals surface area contributed by atoms with Gasteiger partial charge in [-0.3, -0.25) is 15.0 Å². The van der Waals surface area contributed by atoms with Crippen molar-refractivity contribution in [2.24, 2.45) is 0 Å². The van der Waals surface area contributed by atoms with E-state index >= 15 is 0 Å². The molecule has 0 unspecified atom stereocenters. The van der Waals surface area contributed by atoms with E-state index < -0.39 is 17.0 Å². The molecule has 0 saturated carbocycles. The standard InChI is InChI=1S/C19H16F3N3O2S/c1-2-15-23-17-13(9-6-10-14(17)28-19(20,21)22)18(27)25(15)24-16(26)11-12-7-4-3-5-8-12/h3-10H,2,11H2,1H3,(H,24,26). The number of para-hydroxylation sites is 1. The van der Waals surface area contributed by atoms with Gasteiger partial charge in [0.1, 0.15) is 5.82 Å². The van der Waals surface area contributed by atoms with Crippen LogP contribution in [-0.2, 0) is 17.6 Å². The maximum atomic E-state index is 12.8. The lowest BCUT2D eigenvalue weighted by atomic mass is 10.1. The van der Waals surface area contributed by atoms with Crippen molar-refractivity contribution in [2.75, 3.05) is 5.43 Å². The van der Waals surface area contributed by atoms with Gasteiger partial charge in [-0.1, -0.05) is 43.3 Å². The molecule has 0 fully saturated rings. The van der Waals surface area contributed by atoms with E-state index in [9.17, 15) is 22.8 Å². The number of aromatic nitrogens is 2. The molecule has 0 aliphatic carbocycles. The van der Waals surface area contributed by atoms with Gasteiger partial charge in [-0.25, -0.2) is 9.66 Å². The number of carbonyl (C=O) groups excluding carboxylic acids is 1. The SMILES string of the molecule is CCc1nc2c(SC(F)(F)F)cccc2c(=O)n1NC(=O)Cc1ccccc1. The van der Waals surface area contributed by atoms with Crippen LogP contribution in [-0.4, -0.2) is 21.1 Å². The first kappa shape index (κ1) is 19.9. The number of amides is 1. The second kappa shape index (κ2) is 8.05. The number of aryl methyl sites for hydroxylation is 1. The molecule has 0 atom stereocenters. The Kier molecular flexibility index (Phi) is 5.73. The Labute approximate surface area is 162 Å². The summed E-state index contributed by atoms with van der Waals surface area (Å²) in [5, 5.41) is 0.00598. The summed E-state index contributed by atoms with van der Waals surface area (Å²) in [6, 6.07) is 13.0. The summed E-state index contributed by atoms with van der Waals surface area (Å²) >= 11 is -0.318. The van der Waals surface area contributed by atoms with Crippen LogP contribution >= 0.6 is 11.8 Å². The van der Waals surface area contributed by atoms with Crippen LogP contribution in [0.15, 0.2) is 58.2 Å². The van der Waals surface area contributed by atoms with Crippen LogP contribution in [0.3, 0.4) is 0 Å². The molecule has 3 rings (SSSR count). The Hall–Kier alpha value is -2.81. The number of nitrogens with zero attached hydrogens (tertiary/aromatic N) is 2. The fourth-order valence-corrected chi connectivity index (χ4v) is 3.38. The van der Waals surface area contributed by atoms with Crippen molar-refractivity contribution < 1.29 is 18.0 Å². The second-order valence-electron chi connectivity index (χ2n) is 5.92. The number of hydrogen-bond donors (Lipinski definition) is 1. The van der Waals surface area contributed by atoms with Crippen molar-refractivity contribution in [1.29, 1.82) is 0 Å². The summed E-state index contributed by atoms with van der Waals surface area (Å²) in [5.41, 5.74) is -1.87. The minimum atomic E-state index is -4.50. The highest BCUT2D eigenvalue weighted by molar-refractivity contribution is 8.00. The Morgan fingerprint density at radius 3 is 2.50 bits per heavy atom. The average molecular weight is 407 g/mol. The van der Waals surface area contributed by atoms with Gasteiger partial charge < -0.3 is 0 Å². The fourth-order valence-electron chi connectivity index (χ4n) is 2.73. The Morgan fingerprint density at radius 1 is 1.14 bits per heavy atom. The van der Waals surface area contributed by atoms with Crippen LogP contribution in [0, 0.1) is 0 Å². The molecule has 0 radical (unpaired) electrons. The predicted octanol–water partition coefficient (Wildman–Crippen LogP) is 3.88. The lowest BCUT2D eigenvalue weighted by Crippen LogP contribution is -2.37. The molecule has 0 saturated heterocycles. The first-order valence-corrected chi connectivity index (χ1v) is 9.24. The van der Waals surface area contributed by atoms with Gasteiger partial charge in [-0.2, -0.15) is 13.2 Å². The highest BCUT2D eigenvalue weighted by atomic mass is 32.2. The topological polar surface area (TPSA) is 64.0 Å². The van der Waals surface area contributed by atoms with Crippen LogP contribution in [0.25, 0.3) is 10.9 Å². The summed E-state index contributed by atoms with van der Waals surface area (Å²) < 4.78 is 39.4. The minimum absolute atomic E-state index is 0.00598. The highest BCUT2D eigenvalue weighted by Gasteiger charge is 2.30. The molecule has 146 valence electrons. The minimum Gasteiger partial charge on any atom is -0.273 e. The number of fused-ring (bicyclic) bond motifs is 1. The maximum absolute atomic E-state index is 12.8. The van der Waals surface area contributed by atoms with Crippen LogP contribution < -0.4 is 11.0 Å². The molecular formula is C19H16F3N3O2S. The van der Waals surface area contributed by atoms with Crippen molar-refractivity contribution in [3.8, 4) is 0 Å². The number of rotatable bonds is 5. The largest absolute Gasteiger partial charge is 0.446 e. The predicted molar refractivity (Wildman–Crippen MR) is 102 cm³/mol. The van der Waals surface area contributed by atoms with Crippen molar-refractivity contribution in [2.45, 2.75) is 30.2 Å². The first-order chi connectivity index (χ1) is 13.3. The molecule has 1 heterocycles. The summed E-state index contributed by atoms with van der Waals surface area (Å²) in [6.45, 7) is 1.70. The lowest BCUT2D eigenvalue weighted by Gasteiger charge is -2.15. The van der Waals surface area contributed by atoms with E-state index in [4.69, 9.17) is 0 Å². The highest BCUT2D eigenvalue weighted by Crippen LogP contribution is 2.39. The Morgan fingerprint density at radius 2 is 1.86 bits per heavy atom. The fraction of sp³-hybridized carbons (Fsp3) is 0.211. The number of alkyl halides is 3. The average Bonchev–Trinajstić information content (AvgIpc) is 2.64. The van der Waals surface area contributed by atoms with E-state index in [1.54, 1.807) is 31.2 Å². The molecule has 28 heavy (non-hydrogen) atoms. The van der Waals surface area contributed by atoms with Crippen LogP contribution in [0.5, 0.6) is 0 Å². The number of halogens is 3. The Bertz CT molecular complexity index is 1070. The van der Waals surface area contributed by atoms with Gasteiger partial charge in [-0.05, 0) is 29.5 Å². The van der Waals surface area contributed by atoms with Gasteiger partial charge in [0.25, 0.3) is 5.56 Å². The van der Waals surface area contributed by atoms with E-state index in [-0.39, 0.29) is 46.2 Å². The molecule has 0 bridgehead atoms. The molecule has 0 spiro atoms. The molecule has 1 amide bonds. The van der Waals surface area contributed by atoms with E-state index in [1.165, 1.54) is 18.2 Å². The van der Waals surface area contributed by atoms with Crippen molar-refractivity contribution in [3.05, 3.63) is 70.3 Å². The molecule has 2 aromatic carbocycles. The molecule has 0 aliphatic heterocycles. The van der Waals surface area contributed by atoms with Crippen molar-refractivity contribution in [3.63, 3.8) is 0 Å². The number of nitrogens with one attached hydrogen (secondary N) is 1. The van der Waals surface area contributed by atoms with Crippen molar-refractivity contribution >= 4 is 28.6 Å². The van der Waals surface area contributed by atoms with Gasteiger partial charge in [-0.15, -0.1) is 0 Å². The third kappa shape index (κ3) is 4.53. The summed E-state index contributed by atoms with van der Waals surface area (Å²) in [7, 11) is 0. The van der Waals surface area contributed by atoms with Gasteiger partial charge in [0, 0.05) is 11.3 Å². The molecule has 1 N–H and O–H groups in total. The van der Waals surface area contributed by atoms with Crippen LogP contribution in [0.2, 0.25) is 0 Å². The maximum Gasteiger partial charge on any atom is 0.446 e. The van der Waals surface area contributed by atoms with E-state index in [0.717, 1.165) is 10.2 Å². The smallest absolute Gasteiger partial charge is 0.273 e. The van der Waals surface area contributed by atoms with Crippen molar-refractivity contribution in [1.82, 2.24) is 9.66 Å². The third-order valence-corrected chi connectivity index (χ3v) is 4.70. The number of carbonyl (C=O) groups is 1. The third-order valence-electron chi connectivity index (χ3n) is 3.92. The second-order valence-corrected chi connectivity index (χ2v) is 7.03. The molecule has 3 aromatic rings. The molecule has 1 aromatic heterocycles. The van der Waals surface area contributed by atoms with Gasteiger partial charge in [0.05, 0.1) is 17.3 Å². The van der Waals surface area contributed by atoms with Crippen LogP contribution in [0.4, 0.5) is 13.2 Å². The zero-order valence-corrected chi connectivity index (χ0v) is 15.6. The summed E-state index contributed by atoms with van der Waals surface area (Å²) in [4.78, 5) is 29.2. The van der Waals surface area contributed by atoms with E-state index in [2.05, 4.69) is 10.4 Å². The summed E-state index contributed by atoms with van der Waals surface area (Å²) in [5.74, 6) is -0.251. The van der Waals surface area contributed by atoms with Gasteiger partial charge >= 0.3 is 5.51 Å². The summed E-state index contributed by atoms with van der Waals surface area (Å²) in [6.07, 6.45) is 0.306. The number of benzene rings is 2. The van der Waals surface area contributed by atoms with Gasteiger partial charge in [0.2, 0.25) is 5.91 Å². The van der Waals surface area contributed by atoms with E-state index in [0.29, 0.717) is 0 Å². The zero-order chi connectivity index (χ0) is 20.3. The quantitative estimate of drug-likeness (QED) is 0.652. The number of thioether (sulfide) groups is 1. The monoisotopic (exact) mass is 407 g/mol. The number of hydrogen-bond acceptors (Lipinski definition) is 4. The molecule has 0 aliphatic rings.